The fraction of sp³-hybridized carbons (Fsp3) is 0.190. The van der Waals surface area contributed by atoms with Gasteiger partial charge >= 0.3 is 5.97 Å². The Kier molecular flexibility index (Phi) is 4.44. The van der Waals surface area contributed by atoms with Crippen molar-refractivity contribution in [2.45, 2.75) is 0 Å². The van der Waals surface area contributed by atoms with Crippen molar-refractivity contribution in [3.63, 3.8) is 0 Å². The lowest BCUT2D eigenvalue weighted by atomic mass is 10.2. The van der Waals surface area contributed by atoms with E-state index in [0.29, 0.717) is 10.6 Å². The predicted octanol–water partition coefficient (Wildman–Crippen LogP) is 3.18. The smallest absolute Gasteiger partial charge is 0.365 e. The first-order chi connectivity index (χ1) is 14.2. The zero-order chi connectivity index (χ0) is 19.8. The summed E-state index contributed by atoms with van der Waals surface area (Å²) in [5.41, 5.74) is 2.89. The Bertz CT molecular complexity index is 1110. The van der Waals surface area contributed by atoms with Crippen molar-refractivity contribution in [2.24, 2.45) is 4.99 Å². The molecular weight excluding hydrogens is 390 g/mol. The Labute approximate surface area is 172 Å². The molecule has 3 heterocycles. The molecule has 2 aliphatic rings. The number of ether oxygens (including phenoxy) is 1. The van der Waals surface area contributed by atoms with E-state index in [1.54, 1.807) is 18.3 Å². The summed E-state index contributed by atoms with van der Waals surface area (Å²) < 4.78 is 5.31. The van der Waals surface area contributed by atoms with Crippen molar-refractivity contribution in [1.29, 1.82) is 0 Å². The summed E-state index contributed by atoms with van der Waals surface area (Å²) >= 11 is 6.18. The molecule has 0 unspecified atom stereocenters. The Balaban J connectivity index is 1.29. The first kappa shape index (κ1) is 17.8. The van der Waals surface area contributed by atoms with E-state index in [1.807, 2.05) is 36.4 Å². The van der Waals surface area contributed by atoms with Gasteiger partial charge in [0.1, 0.15) is 0 Å². The largest absolute Gasteiger partial charge is 0.402 e. The summed E-state index contributed by atoms with van der Waals surface area (Å²) in [5, 5.41) is 0.500. The molecule has 8 heteroatoms. The number of cyclic esters (lactones) is 1. The molecule has 0 spiro atoms. The maximum absolute atomic E-state index is 12.2. The van der Waals surface area contributed by atoms with Crippen LogP contribution in [0.2, 0.25) is 5.02 Å². The second kappa shape index (κ2) is 7.25. The lowest BCUT2D eigenvalue weighted by molar-refractivity contribution is -0.130. The minimum absolute atomic E-state index is 0.243. The van der Waals surface area contributed by atoms with Gasteiger partial charge < -0.3 is 19.5 Å². The summed E-state index contributed by atoms with van der Waals surface area (Å²) in [4.78, 5) is 28.9. The number of carbonyl (C=O) groups is 1. The molecule has 29 heavy (non-hydrogen) atoms. The molecule has 1 saturated heterocycles. The van der Waals surface area contributed by atoms with Gasteiger partial charge in [0, 0.05) is 32.4 Å². The Morgan fingerprint density at radius 2 is 1.79 bits per heavy atom. The second-order valence-electron chi connectivity index (χ2n) is 6.90. The van der Waals surface area contributed by atoms with Crippen LogP contribution < -0.4 is 4.90 Å². The minimum atomic E-state index is -0.459. The molecule has 0 amide bonds. The highest BCUT2D eigenvalue weighted by Crippen LogP contribution is 2.23. The monoisotopic (exact) mass is 407 g/mol. The standard InChI is InChI=1S/C21H18ClN5O2/c22-15-6-2-1-5-14(15)19-23-18(20(28)29-19)13-26-9-11-27(12-10-26)21-24-16-7-3-4-8-17(16)25-21/h1-8,13H,9-12H2,(H,24,25)/b18-13+. The van der Waals surface area contributed by atoms with Gasteiger partial charge in [-0.3, -0.25) is 0 Å². The van der Waals surface area contributed by atoms with Crippen LogP contribution in [0.3, 0.4) is 0 Å². The second-order valence-corrected chi connectivity index (χ2v) is 7.31. The van der Waals surface area contributed by atoms with Crippen LogP contribution >= 0.6 is 11.6 Å². The van der Waals surface area contributed by atoms with E-state index in [1.165, 1.54) is 0 Å². The van der Waals surface area contributed by atoms with Crippen molar-refractivity contribution in [3.05, 3.63) is 71.0 Å². The Hall–Kier alpha value is -3.32. The molecule has 1 aromatic heterocycles. The highest BCUT2D eigenvalue weighted by molar-refractivity contribution is 6.34. The zero-order valence-electron chi connectivity index (χ0n) is 15.5. The molecule has 0 aliphatic carbocycles. The molecule has 1 N–H and O–H groups in total. The average Bonchev–Trinajstić information content (AvgIpc) is 3.33. The molecule has 2 aliphatic heterocycles. The van der Waals surface area contributed by atoms with Gasteiger partial charge in [-0.2, -0.15) is 0 Å². The highest BCUT2D eigenvalue weighted by atomic mass is 35.5. The predicted molar refractivity (Wildman–Crippen MR) is 112 cm³/mol. The average molecular weight is 408 g/mol. The molecule has 7 nitrogen and oxygen atoms in total. The lowest BCUT2D eigenvalue weighted by Gasteiger charge is -2.33. The number of hydrogen-bond donors (Lipinski definition) is 1. The van der Waals surface area contributed by atoms with Crippen molar-refractivity contribution >= 4 is 40.4 Å². The molecule has 0 bridgehead atoms. The fourth-order valence-electron chi connectivity index (χ4n) is 3.47. The van der Waals surface area contributed by atoms with E-state index in [-0.39, 0.29) is 11.6 Å². The van der Waals surface area contributed by atoms with Crippen molar-refractivity contribution in [1.82, 2.24) is 14.9 Å². The molecule has 0 saturated carbocycles. The van der Waals surface area contributed by atoms with Gasteiger partial charge in [0.2, 0.25) is 11.8 Å². The van der Waals surface area contributed by atoms with Crippen LogP contribution in [0.15, 0.2) is 65.4 Å². The number of para-hydroxylation sites is 2. The summed E-state index contributed by atoms with van der Waals surface area (Å²) in [6, 6.07) is 15.2. The van der Waals surface area contributed by atoms with Gasteiger partial charge in [-0.25, -0.2) is 14.8 Å². The van der Waals surface area contributed by atoms with E-state index in [9.17, 15) is 4.79 Å². The van der Waals surface area contributed by atoms with Crippen LogP contribution in [-0.2, 0) is 9.53 Å². The number of rotatable bonds is 3. The van der Waals surface area contributed by atoms with E-state index in [2.05, 4.69) is 24.8 Å². The first-order valence-corrected chi connectivity index (χ1v) is 9.76. The molecule has 0 atom stereocenters. The fourth-order valence-corrected chi connectivity index (χ4v) is 3.69. The maximum Gasteiger partial charge on any atom is 0.365 e. The van der Waals surface area contributed by atoms with Crippen molar-refractivity contribution < 1.29 is 9.53 Å². The van der Waals surface area contributed by atoms with Crippen LogP contribution in [-0.4, -0.2) is 52.9 Å². The van der Waals surface area contributed by atoms with Crippen molar-refractivity contribution in [2.75, 3.05) is 31.1 Å². The number of nitrogens with zero attached hydrogens (tertiary/aromatic N) is 4. The number of carbonyl (C=O) groups excluding carboxylic acids is 1. The summed E-state index contributed by atoms with van der Waals surface area (Å²) in [6.45, 7) is 3.09. The molecule has 1 fully saturated rings. The highest BCUT2D eigenvalue weighted by Gasteiger charge is 2.27. The van der Waals surface area contributed by atoms with Gasteiger partial charge in [-0.05, 0) is 24.3 Å². The normalized spacial score (nSPS) is 18.4. The number of fused-ring (bicyclic) bond motifs is 1. The topological polar surface area (TPSA) is 73.8 Å². The lowest BCUT2D eigenvalue weighted by Crippen LogP contribution is -2.44. The molecule has 0 radical (unpaired) electrons. The third-order valence-corrected chi connectivity index (χ3v) is 5.35. The number of hydrogen-bond acceptors (Lipinski definition) is 6. The maximum atomic E-state index is 12.2. The quantitative estimate of drug-likeness (QED) is 0.533. The number of H-pyrrole nitrogens is 1. The number of piperazine rings is 1. The number of halogens is 1. The summed E-state index contributed by atoms with van der Waals surface area (Å²) in [5.74, 6) is 0.658. The number of esters is 1. The number of aromatic nitrogens is 2. The van der Waals surface area contributed by atoms with E-state index in [4.69, 9.17) is 16.3 Å². The molecular formula is C21H18ClN5O2. The van der Waals surface area contributed by atoms with Crippen LogP contribution in [0.5, 0.6) is 0 Å². The number of aliphatic imine (C=N–C) groups is 1. The van der Waals surface area contributed by atoms with Gasteiger partial charge in [0.05, 0.1) is 21.6 Å². The number of benzene rings is 2. The first-order valence-electron chi connectivity index (χ1n) is 9.39. The van der Waals surface area contributed by atoms with E-state index < -0.39 is 5.97 Å². The number of anilines is 1. The SMILES string of the molecule is O=C1OC(c2ccccc2Cl)=N/C1=C/N1CCN(c2nc3ccccc3[nH]2)CC1. The molecule has 3 aromatic rings. The van der Waals surface area contributed by atoms with Gasteiger partial charge in [-0.1, -0.05) is 35.9 Å². The number of nitrogens with one attached hydrogen (secondary N) is 1. The third kappa shape index (κ3) is 3.45. The van der Waals surface area contributed by atoms with Crippen LogP contribution in [0.1, 0.15) is 5.56 Å². The zero-order valence-corrected chi connectivity index (χ0v) is 16.3. The van der Waals surface area contributed by atoms with Crippen LogP contribution in [0, 0.1) is 0 Å². The van der Waals surface area contributed by atoms with Gasteiger partial charge in [-0.15, -0.1) is 0 Å². The Morgan fingerprint density at radius 3 is 2.59 bits per heavy atom. The van der Waals surface area contributed by atoms with Gasteiger partial charge in [0.25, 0.3) is 0 Å². The van der Waals surface area contributed by atoms with Crippen LogP contribution in [0.4, 0.5) is 5.95 Å². The van der Waals surface area contributed by atoms with E-state index in [0.717, 1.165) is 43.2 Å². The summed E-state index contributed by atoms with van der Waals surface area (Å²) in [6.07, 6.45) is 1.77. The molecule has 5 rings (SSSR count). The third-order valence-electron chi connectivity index (χ3n) is 5.02. The molecule has 2 aromatic carbocycles. The minimum Gasteiger partial charge on any atom is -0.402 e. The van der Waals surface area contributed by atoms with E-state index >= 15 is 0 Å². The number of imidazole rings is 1. The van der Waals surface area contributed by atoms with Gasteiger partial charge in [0.15, 0.2) is 5.70 Å². The Morgan fingerprint density at radius 1 is 1.03 bits per heavy atom. The summed E-state index contributed by atoms with van der Waals surface area (Å²) in [7, 11) is 0. The molecule has 146 valence electrons. The van der Waals surface area contributed by atoms with Crippen molar-refractivity contribution in [3.8, 4) is 0 Å². The van der Waals surface area contributed by atoms with Crippen LogP contribution in [0.25, 0.3) is 11.0 Å². The number of aromatic amines is 1.